The number of aromatic amines is 1. The molecule has 1 N–H and O–H groups in total. The smallest absolute Gasteiger partial charge is 0.147 e. The lowest BCUT2D eigenvalue weighted by molar-refractivity contribution is 0.601. The summed E-state index contributed by atoms with van der Waals surface area (Å²) in [6.07, 6.45) is 1.54. The van der Waals surface area contributed by atoms with Crippen LogP contribution in [0, 0.1) is 0 Å². The first-order valence-corrected chi connectivity index (χ1v) is 10.9. The Balaban J connectivity index is 2.24. The SMILES string of the molecule is CS(=O)(=O)CCc1[nH]c2cc(Cl)c(Cl)cc2c1-c1ccc(Cl)c(Cl)c1. The van der Waals surface area contributed by atoms with Crippen molar-refractivity contribution in [2.75, 3.05) is 12.0 Å². The number of nitrogens with one attached hydrogen (secondary N) is 1. The summed E-state index contributed by atoms with van der Waals surface area (Å²) in [7, 11) is -3.11. The van der Waals surface area contributed by atoms with Crippen LogP contribution in [-0.2, 0) is 16.3 Å². The topological polar surface area (TPSA) is 49.9 Å². The Bertz CT molecular complexity index is 1070. The summed E-state index contributed by atoms with van der Waals surface area (Å²) in [5.41, 5.74) is 3.22. The molecule has 0 atom stereocenters. The van der Waals surface area contributed by atoms with Crippen molar-refractivity contribution in [2.45, 2.75) is 6.42 Å². The normalized spacial score (nSPS) is 12.0. The fraction of sp³-hybridized carbons (Fsp3) is 0.176. The predicted molar refractivity (Wildman–Crippen MR) is 107 cm³/mol. The molecule has 25 heavy (non-hydrogen) atoms. The minimum Gasteiger partial charge on any atom is -0.358 e. The molecule has 0 aliphatic carbocycles. The van der Waals surface area contributed by atoms with Crippen molar-refractivity contribution in [3.8, 4) is 11.1 Å². The summed E-state index contributed by atoms with van der Waals surface area (Å²) in [6.45, 7) is 0. The molecule has 8 heteroatoms. The van der Waals surface area contributed by atoms with E-state index in [4.69, 9.17) is 46.4 Å². The van der Waals surface area contributed by atoms with E-state index >= 15 is 0 Å². The Kier molecular flexibility index (Phi) is 5.29. The van der Waals surface area contributed by atoms with E-state index in [0.29, 0.717) is 26.5 Å². The van der Waals surface area contributed by atoms with Crippen molar-refractivity contribution < 1.29 is 8.42 Å². The molecule has 0 aliphatic heterocycles. The Morgan fingerprint density at radius 3 is 2.20 bits per heavy atom. The van der Waals surface area contributed by atoms with Gasteiger partial charge in [0, 0.05) is 34.8 Å². The van der Waals surface area contributed by atoms with Crippen molar-refractivity contribution >= 4 is 67.1 Å². The lowest BCUT2D eigenvalue weighted by atomic mass is 10.0. The molecule has 1 aromatic heterocycles. The van der Waals surface area contributed by atoms with E-state index in [1.807, 2.05) is 6.07 Å². The number of sulfone groups is 1. The molecule has 3 aromatic rings. The van der Waals surface area contributed by atoms with Crippen LogP contribution >= 0.6 is 46.4 Å². The molecule has 0 aliphatic rings. The molecule has 2 aromatic carbocycles. The Hall–Kier alpha value is -0.910. The van der Waals surface area contributed by atoms with Gasteiger partial charge in [0.1, 0.15) is 9.84 Å². The van der Waals surface area contributed by atoms with E-state index in [0.717, 1.165) is 27.7 Å². The number of halogens is 4. The third-order valence-corrected chi connectivity index (χ3v) is 6.26. The third-order valence-electron chi connectivity index (χ3n) is 3.85. The predicted octanol–water partition coefficient (Wildman–Crippen LogP) is 6.04. The van der Waals surface area contributed by atoms with Gasteiger partial charge in [-0.25, -0.2) is 8.42 Å². The molecule has 132 valence electrons. The molecule has 3 rings (SSSR count). The zero-order chi connectivity index (χ0) is 18.4. The van der Waals surface area contributed by atoms with Crippen molar-refractivity contribution in [2.24, 2.45) is 0 Å². The standard InChI is InChI=1S/C17H13Cl4NO2S/c1-25(23,24)5-4-15-17(9-2-3-11(18)12(19)6-9)10-7-13(20)14(21)8-16(10)22-15/h2-3,6-8,22H,4-5H2,1H3. The first-order valence-electron chi connectivity index (χ1n) is 7.28. The summed E-state index contributed by atoms with van der Waals surface area (Å²) in [5.74, 6) is 0.0234. The van der Waals surface area contributed by atoms with E-state index < -0.39 is 9.84 Å². The molecule has 0 spiro atoms. The van der Waals surface area contributed by atoms with Gasteiger partial charge in [0.15, 0.2) is 0 Å². The summed E-state index contributed by atoms with van der Waals surface area (Å²) < 4.78 is 23.2. The third kappa shape index (κ3) is 4.09. The van der Waals surface area contributed by atoms with Crippen LogP contribution in [0.15, 0.2) is 30.3 Å². The quantitative estimate of drug-likeness (QED) is 0.542. The van der Waals surface area contributed by atoms with Crippen LogP contribution in [0.2, 0.25) is 20.1 Å². The second-order valence-electron chi connectivity index (χ2n) is 5.80. The monoisotopic (exact) mass is 435 g/mol. The Labute approximate surface area is 165 Å². The van der Waals surface area contributed by atoms with Crippen LogP contribution in [0.4, 0.5) is 0 Å². The molecule has 0 saturated heterocycles. The zero-order valence-electron chi connectivity index (χ0n) is 13.0. The number of H-pyrrole nitrogens is 1. The van der Waals surface area contributed by atoms with Crippen LogP contribution in [0.5, 0.6) is 0 Å². The van der Waals surface area contributed by atoms with E-state index in [1.165, 1.54) is 6.26 Å². The van der Waals surface area contributed by atoms with Gasteiger partial charge in [-0.15, -0.1) is 0 Å². The highest BCUT2D eigenvalue weighted by atomic mass is 35.5. The van der Waals surface area contributed by atoms with Gasteiger partial charge in [0.25, 0.3) is 0 Å². The Morgan fingerprint density at radius 1 is 0.920 bits per heavy atom. The number of fused-ring (bicyclic) bond motifs is 1. The first-order chi connectivity index (χ1) is 11.7. The highest BCUT2D eigenvalue weighted by Gasteiger charge is 2.17. The van der Waals surface area contributed by atoms with Gasteiger partial charge in [-0.1, -0.05) is 52.5 Å². The van der Waals surface area contributed by atoms with Crippen molar-refractivity contribution in [1.29, 1.82) is 0 Å². The molecule has 0 bridgehead atoms. The van der Waals surface area contributed by atoms with Gasteiger partial charge in [-0.2, -0.15) is 0 Å². The summed E-state index contributed by atoms with van der Waals surface area (Å²) in [6, 6.07) is 8.78. The molecule has 0 amide bonds. The molecular formula is C17H13Cl4NO2S. The van der Waals surface area contributed by atoms with Crippen LogP contribution in [-0.4, -0.2) is 25.4 Å². The molecule has 0 unspecified atom stereocenters. The number of benzene rings is 2. The maximum atomic E-state index is 11.6. The van der Waals surface area contributed by atoms with Gasteiger partial charge in [-0.05, 0) is 29.8 Å². The van der Waals surface area contributed by atoms with E-state index in [-0.39, 0.29) is 5.75 Å². The van der Waals surface area contributed by atoms with Gasteiger partial charge < -0.3 is 4.98 Å². The number of hydrogen-bond acceptors (Lipinski definition) is 2. The second kappa shape index (κ2) is 7.01. The summed E-state index contributed by atoms with van der Waals surface area (Å²) >= 11 is 24.4. The van der Waals surface area contributed by atoms with Gasteiger partial charge in [0.05, 0.1) is 25.8 Å². The number of aromatic nitrogens is 1. The molecule has 0 saturated carbocycles. The lowest BCUT2D eigenvalue weighted by Crippen LogP contribution is -2.06. The largest absolute Gasteiger partial charge is 0.358 e. The molecular weight excluding hydrogens is 424 g/mol. The van der Waals surface area contributed by atoms with Crippen molar-refractivity contribution in [3.05, 3.63) is 56.1 Å². The zero-order valence-corrected chi connectivity index (χ0v) is 16.9. The highest BCUT2D eigenvalue weighted by Crippen LogP contribution is 2.39. The molecule has 1 heterocycles. The molecule has 0 radical (unpaired) electrons. The second-order valence-corrected chi connectivity index (χ2v) is 9.69. The lowest BCUT2D eigenvalue weighted by Gasteiger charge is -2.07. The van der Waals surface area contributed by atoms with Crippen LogP contribution < -0.4 is 0 Å². The van der Waals surface area contributed by atoms with Crippen LogP contribution in [0.3, 0.4) is 0 Å². The maximum Gasteiger partial charge on any atom is 0.147 e. The van der Waals surface area contributed by atoms with Gasteiger partial charge >= 0.3 is 0 Å². The van der Waals surface area contributed by atoms with E-state index in [2.05, 4.69) is 4.98 Å². The average Bonchev–Trinajstić information content (AvgIpc) is 2.85. The maximum absolute atomic E-state index is 11.6. The highest BCUT2D eigenvalue weighted by molar-refractivity contribution is 7.90. The fourth-order valence-electron chi connectivity index (χ4n) is 2.70. The average molecular weight is 437 g/mol. The van der Waals surface area contributed by atoms with Crippen LogP contribution in [0.25, 0.3) is 22.0 Å². The minimum atomic E-state index is -3.11. The molecule has 0 fully saturated rings. The van der Waals surface area contributed by atoms with E-state index in [9.17, 15) is 8.42 Å². The number of rotatable bonds is 4. The Morgan fingerprint density at radius 2 is 1.56 bits per heavy atom. The summed E-state index contributed by atoms with van der Waals surface area (Å²) in [5, 5.41) is 2.55. The fourth-order valence-corrected chi connectivity index (χ4v) is 3.90. The number of aryl methyl sites for hydroxylation is 1. The molecule has 3 nitrogen and oxygen atoms in total. The number of hydrogen-bond donors (Lipinski definition) is 1. The van der Waals surface area contributed by atoms with Crippen LogP contribution in [0.1, 0.15) is 5.69 Å². The van der Waals surface area contributed by atoms with Crippen molar-refractivity contribution in [3.63, 3.8) is 0 Å². The van der Waals surface area contributed by atoms with Gasteiger partial charge in [0.2, 0.25) is 0 Å². The first kappa shape index (κ1) is 18.9. The summed E-state index contributed by atoms with van der Waals surface area (Å²) in [4.78, 5) is 3.25. The van der Waals surface area contributed by atoms with E-state index in [1.54, 1.807) is 24.3 Å². The minimum absolute atomic E-state index is 0.0234. The van der Waals surface area contributed by atoms with Gasteiger partial charge in [-0.3, -0.25) is 0 Å². The van der Waals surface area contributed by atoms with Crippen molar-refractivity contribution in [1.82, 2.24) is 4.98 Å².